The maximum Gasteiger partial charge on any atom is 0.341 e. The lowest BCUT2D eigenvalue weighted by Crippen LogP contribution is -2.56. The summed E-state index contributed by atoms with van der Waals surface area (Å²) in [4.78, 5) is 22.1. The molecule has 0 spiro atoms. The lowest BCUT2D eigenvalue weighted by atomic mass is 10.0. The van der Waals surface area contributed by atoms with Gasteiger partial charge in [0.25, 0.3) is 6.47 Å². The van der Waals surface area contributed by atoms with Crippen LogP contribution in [-0.2, 0) is 33.3 Å². The number of ether oxygens (including phenoxy) is 5. The minimum atomic E-state index is -1.00. The van der Waals surface area contributed by atoms with Crippen molar-refractivity contribution in [3.05, 3.63) is 0 Å². The zero-order valence-electron chi connectivity index (χ0n) is 9.74. The number of methoxy groups -OCH3 is 1. The monoisotopic (exact) mass is 246 g/mol. The molecule has 0 saturated carbocycles. The van der Waals surface area contributed by atoms with Crippen molar-refractivity contribution in [3.63, 3.8) is 0 Å². The Balaban J connectivity index is 2.23. The van der Waals surface area contributed by atoms with Crippen molar-refractivity contribution in [1.82, 2.24) is 0 Å². The van der Waals surface area contributed by atoms with Crippen molar-refractivity contribution >= 4 is 12.4 Å². The second-order valence-corrected chi connectivity index (χ2v) is 4.26. The maximum absolute atomic E-state index is 11.6. The van der Waals surface area contributed by atoms with Crippen molar-refractivity contribution in [2.75, 3.05) is 7.11 Å². The van der Waals surface area contributed by atoms with Crippen molar-refractivity contribution in [2.45, 2.75) is 44.2 Å². The fourth-order valence-electron chi connectivity index (χ4n) is 2.00. The van der Waals surface area contributed by atoms with E-state index in [0.29, 0.717) is 0 Å². The summed E-state index contributed by atoms with van der Waals surface area (Å²) in [6.45, 7) is 3.61. The highest BCUT2D eigenvalue weighted by molar-refractivity contribution is 5.77. The molecule has 0 N–H and O–H groups in total. The number of fused-ring (bicyclic) bond motifs is 1. The van der Waals surface area contributed by atoms with Gasteiger partial charge in [-0.1, -0.05) is 0 Å². The molecule has 0 unspecified atom stereocenters. The number of carbonyl (C=O) groups excluding carboxylic acids is 2. The first-order chi connectivity index (χ1) is 7.98. The molecule has 2 aliphatic rings. The van der Waals surface area contributed by atoms with Gasteiger partial charge in [-0.25, -0.2) is 4.79 Å². The van der Waals surface area contributed by atoms with Crippen molar-refractivity contribution < 1.29 is 33.3 Å². The first-order valence-corrected chi connectivity index (χ1v) is 5.16. The molecule has 96 valence electrons. The maximum atomic E-state index is 11.6. The SMILES string of the molecule is CO[C@@H]1C(=O)O[C@H]2OC(C)(C)O[C@H]2[C@@H]1OC=O. The molecule has 0 radical (unpaired) electrons. The zero-order valence-corrected chi connectivity index (χ0v) is 9.74. The zero-order chi connectivity index (χ0) is 12.6. The molecule has 0 aromatic heterocycles. The highest BCUT2D eigenvalue weighted by atomic mass is 16.8. The molecule has 7 nitrogen and oxygen atoms in total. The molecule has 0 aromatic rings. The number of rotatable bonds is 3. The second kappa shape index (κ2) is 4.25. The highest BCUT2D eigenvalue weighted by Crippen LogP contribution is 2.36. The van der Waals surface area contributed by atoms with E-state index < -0.39 is 36.4 Å². The molecule has 0 aromatic carbocycles. The number of hydrogen-bond donors (Lipinski definition) is 0. The van der Waals surface area contributed by atoms with Crippen LogP contribution in [0.1, 0.15) is 13.8 Å². The number of carbonyl (C=O) groups is 2. The van der Waals surface area contributed by atoms with Crippen LogP contribution in [-0.4, -0.2) is 49.9 Å². The third kappa shape index (κ3) is 2.13. The summed E-state index contributed by atoms with van der Waals surface area (Å²) in [6, 6.07) is 0. The van der Waals surface area contributed by atoms with E-state index in [4.69, 9.17) is 23.7 Å². The summed E-state index contributed by atoms with van der Waals surface area (Å²) in [6.07, 6.45) is -3.43. The summed E-state index contributed by atoms with van der Waals surface area (Å²) in [5.41, 5.74) is 0. The normalized spacial score (nSPS) is 39.4. The van der Waals surface area contributed by atoms with Gasteiger partial charge < -0.3 is 23.7 Å². The molecular formula is C10H14O7. The lowest BCUT2D eigenvalue weighted by Gasteiger charge is -2.33. The Labute approximate surface area is 97.9 Å². The topological polar surface area (TPSA) is 80.3 Å². The van der Waals surface area contributed by atoms with E-state index in [2.05, 4.69) is 0 Å². The van der Waals surface area contributed by atoms with Gasteiger partial charge in [0, 0.05) is 7.11 Å². The minimum Gasteiger partial charge on any atom is -0.458 e. The molecule has 7 heteroatoms. The molecule has 2 rings (SSSR count). The van der Waals surface area contributed by atoms with Crippen LogP contribution < -0.4 is 0 Å². The van der Waals surface area contributed by atoms with E-state index in [1.54, 1.807) is 13.8 Å². The van der Waals surface area contributed by atoms with Crippen LogP contribution in [0.4, 0.5) is 0 Å². The average molecular weight is 246 g/mol. The Kier molecular flexibility index (Phi) is 3.07. The predicted octanol–water partition coefficient (Wildman–Crippen LogP) is -0.423. The molecule has 0 bridgehead atoms. The van der Waals surface area contributed by atoms with E-state index in [1.165, 1.54) is 7.11 Å². The highest BCUT2D eigenvalue weighted by Gasteiger charge is 2.56. The third-order valence-corrected chi connectivity index (χ3v) is 2.64. The summed E-state index contributed by atoms with van der Waals surface area (Å²) in [7, 11) is 1.33. The van der Waals surface area contributed by atoms with E-state index in [1.807, 2.05) is 0 Å². The molecule has 2 saturated heterocycles. The van der Waals surface area contributed by atoms with Gasteiger partial charge in [0.2, 0.25) is 6.29 Å². The summed E-state index contributed by atoms with van der Waals surface area (Å²) >= 11 is 0. The second-order valence-electron chi connectivity index (χ2n) is 4.26. The van der Waals surface area contributed by atoms with Crippen LogP contribution in [0.5, 0.6) is 0 Å². The molecular weight excluding hydrogens is 232 g/mol. The van der Waals surface area contributed by atoms with E-state index >= 15 is 0 Å². The Bertz CT molecular complexity index is 327. The van der Waals surface area contributed by atoms with Gasteiger partial charge in [-0.2, -0.15) is 0 Å². The van der Waals surface area contributed by atoms with Crippen molar-refractivity contribution in [3.8, 4) is 0 Å². The molecule has 2 aliphatic heterocycles. The third-order valence-electron chi connectivity index (χ3n) is 2.64. The Morgan fingerprint density at radius 1 is 1.35 bits per heavy atom. The van der Waals surface area contributed by atoms with Crippen LogP contribution in [0.2, 0.25) is 0 Å². The van der Waals surface area contributed by atoms with Crippen LogP contribution in [0.25, 0.3) is 0 Å². The van der Waals surface area contributed by atoms with Crippen molar-refractivity contribution in [2.24, 2.45) is 0 Å². The van der Waals surface area contributed by atoms with Crippen LogP contribution in [0.3, 0.4) is 0 Å². The van der Waals surface area contributed by atoms with E-state index in [0.717, 1.165) is 0 Å². The van der Waals surface area contributed by atoms with E-state index in [9.17, 15) is 9.59 Å². The fraction of sp³-hybridized carbons (Fsp3) is 0.800. The van der Waals surface area contributed by atoms with Gasteiger partial charge in [-0.3, -0.25) is 4.79 Å². The Morgan fingerprint density at radius 3 is 2.65 bits per heavy atom. The Hall–Kier alpha value is -1.18. The number of esters is 1. The van der Waals surface area contributed by atoms with Gasteiger partial charge in [0.15, 0.2) is 24.1 Å². The minimum absolute atomic E-state index is 0.251. The summed E-state index contributed by atoms with van der Waals surface area (Å²) < 4.78 is 25.7. The molecule has 2 fully saturated rings. The van der Waals surface area contributed by atoms with E-state index in [-0.39, 0.29) is 6.47 Å². The van der Waals surface area contributed by atoms with Crippen LogP contribution >= 0.6 is 0 Å². The fourth-order valence-corrected chi connectivity index (χ4v) is 2.00. The smallest absolute Gasteiger partial charge is 0.341 e. The Morgan fingerprint density at radius 2 is 2.06 bits per heavy atom. The first-order valence-electron chi connectivity index (χ1n) is 5.16. The largest absolute Gasteiger partial charge is 0.458 e. The van der Waals surface area contributed by atoms with Gasteiger partial charge in [0.05, 0.1) is 0 Å². The number of hydrogen-bond acceptors (Lipinski definition) is 7. The quantitative estimate of drug-likeness (QED) is 0.494. The molecule has 4 atom stereocenters. The predicted molar refractivity (Wildman–Crippen MR) is 51.7 cm³/mol. The summed E-state index contributed by atoms with van der Waals surface area (Å²) in [5.74, 6) is -1.54. The van der Waals surface area contributed by atoms with Gasteiger partial charge in [-0.15, -0.1) is 0 Å². The van der Waals surface area contributed by atoms with Crippen molar-refractivity contribution in [1.29, 1.82) is 0 Å². The van der Waals surface area contributed by atoms with Gasteiger partial charge in [-0.05, 0) is 13.8 Å². The van der Waals surface area contributed by atoms with Gasteiger partial charge in [0.1, 0.15) is 0 Å². The van der Waals surface area contributed by atoms with Crippen LogP contribution in [0.15, 0.2) is 0 Å². The first kappa shape index (κ1) is 12.3. The molecule has 2 heterocycles. The standard InChI is InChI=1S/C10H14O7/c1-10(2)16-7-5(14-4-11)6(13-3)8(12)15-9(7)17-10/h4-7,9H,1-3H3/t5-,6+,7+,9+/m1/s1. The lowest BCUT2D eigenvalue weighted by molar-refractivity contribution is -0.223. The van der Waals surface area contributed by atoms with Gasteiger partial charge >= 0.3 is 5.97 Å². The average Bonchev–Trinajstić information content (AvgIpc) is 2.53. The summed E-state index contributed by atoms with van der Waals surface area (Å²) in [5, 5.41) is 0. The molecule has 17 heavy (non-hydrogen) atoms. The molecule has 0 amide bonds. The van der Waals surface area contributed by atoms with Crippen LogP contribution in [0, 0.1) is 0 Å². The molecule has 0 aliphatic carbocycles.